The Balaban J connectivity index is 1.57. The Morgan fingerprint density at radius 1 is 1.45 bits per heavy atom. The second kappa shape index (κ2) is 6.18. The van der Waals surface area contributed by atoms with Crippen LogP contribution >= 0.6 is 0 Å². The molecule has 1 saturated heterocycles. The molecule has 0 unspecified atom stereocenters. The first-order valence-electron chi connectivity index (χ1n) is 7.58. The van der Waals surface area contributed by atoms with E-state index in [1.807, 2.05) is 0 Å². The molecule has 7 nitrogen and oxygen atoms in total. The summed E-state index contributed by atoms with van der Waals surface area (Å²) in [7, 11) is 1.69. The van der Waals surface area contributed by atoms with Crippen LogP contribution in [0.4, 0.5) is 0 Å². The number of hydrogen-bond acceptors (Lipinski definition) is 5. The predicted octanol–water partition coefficient (Wildman–Crippen LogP) is 0.127. The Labute approximate surface area is 128 Å². The zero-order valence-corrected chi connectivity index (χ0v) is 13.0. The van der Waals surface area contributed by atoms with Crippen molar-refractivity contribution in [2.45, 2.75) is 39.0 Å². The second-order valence-electron chi connectivity index (χ2n) is 5.85. The highest BCUT2D eigenvalue weighted by Gasteiger charge is 2.28. The number of carbonyl (C=O) groups is 1. The maximum atomic E-state index is 12.2. The van der Waals surface area contributed by atoms with Gasteiger partial charge in [-0.25, -0.2) is 4.98 Å². The molecule has 0 aliphatic carbocycles. The largest absolute Gasteiger partial charge is 0.376 e. The average Bonchev–Trinajstić information content (AvgIpc) is 3.14. The molecule has 1 atom stereocenters. The van der Waals surface area contributed by atoms with Crippen LogP contribution in [0, 0.1) is 6.92 Å². The number of fused-ring (bicyclic) bond motifs is 1. The van der Waals surface area contributed by atoms with Crippen LogP contribution in [0.2, 0.25) is 0 Å². The van der Waals surface area contributed by atoms with Crippen molar-refractivity contribution in [2.24, 2.45) is 7.05 Å². The van der Waals surface area contributed by atoms with E-state index in [-0.39, 0.29) is 24.2 Å². The number of nitrogens with zero attached hydrogens (tertiary/aromatic N) is 3. The molecule has 0 saturated carbocycles. The first-order chi connectivity index (χ1) is 10.6. The van der Waals surface area contributed by atoms with Crippen LogP contribution in [0.15, 0.2) is 4.79 Å². The van der Waals surface area contributed by atoms with Gasteiger partial charge in [-0.1, -0.05) is 0 Å². The minimum absolute atomic E-state index is 0.0210. The summed E-state index contributed by atoms with van der Waals surface area (Å²) in [4.78, 5) is 30.4. The van der Waals surface area contributed by atoms with E-state index in [1.165, 1.54) is 4.57 Å². The highest BCUT2D eigenvalue weighted by Crippen LogP contribution is 2.18. The van der Waals surface area contributed by atoms with E-state index in [2.05, 4.69) is 4.98 Å². The SMILES string of the molecule is Cc1nc2c(c(=O)n1C)CN(C(=O)COC[C@@H]1CCCO1)C2. The summed E-state index contributed by atoms with van der Waals surface area (Å²) in [6.07, 6.45) is 2.15. The van der Waals surface area contributed by atoms with Crippen molar-refractivity contribution in [3.05, 3.63) is 27.4 Å². The van der Waals surface area contributed by atoms with Crippen LogP contribution < -0.4 is 5.56 Å². The summed E-state index contributed by atoms with van der Waals surface area (Å²) in [6.45, 7) is 3.74. The van der Waals surface area contributed by atoms with Gasteiger partial charge in [0, 0.05) is 13.7 Å². The summed E-state index contributed by atoms with van der Waals surface area (Å²) in [6, 6.07) is 0. The van der Waals surface area contributed by atoms with Gasteiger partial charge >= 0.3 is 0 Å². The van der Waals surface area contributed by atoms with Crippen molar-refractivity contribution < 1.29 is 14.3 Å². The van der Waals surface area contributed by atoms with Crippen molar-refractivity contribution in [3.8, 4) is 0 Å². The van der Waals surface area contributed by atoms with Crippen LogP contribution in [-0.2, 0) is 34.4 Å². The minimum atomic E-state index is -0.115. The highest BCUT2D eigenvalue weighted by atomic mass is 16.5. The number of amides is 1. The molecule has 3 heterocycles. The molecule has 0 N–H and O–H groups in total. The molecule has 120 valence electrons. The lowest BCUT2D eigenvalue weighted by atomic mass is 10.2. The van der Waals surface area contributed by atoms with Gasteiger partial charge in [-0.15, -0.1) is 0 Å². The lowest BCUT2D eigenvalue weighted by Gasteiger charge is -2.16. The van der Waals surface area contributed by atoms with Crippen molar-refractivity contribution in [1.82, 2.24) is 14.5 Å². The average molecular weight is 307 g/mol. The Morgan fingerprint density at radius 2 is 2.27 bits per heavy atom. The number of rotatable bonds is 4. The van der Waals surface area contributed by atoms with Gasteiger partial charge in [-0.2, -0.15) is 0 Å². The first kappa shape index (κ1) is 15.2. The molecule has 2 aliphatic heterocycles. The molecule has 0 aromatic carbocycles. The fourth-order valence-electron chi connectivity index (χ4n) is 2.85. The predicted molar refractivity (Wildman–Crippen MR) is 78.3 cm³/mol. The zero-order chi connectivity index (χ0) is 15.7. The fourth-order valence-corrected chi connectivity index (χ4v) is 2.85. The summed E-state index contributed by atoms with van der Waals surface area (Å²) in [5, 5.41) is 0. The molecule has 22 heavy (non-hydrogen) atoms. The summed E-state index contributed by atoms with van der Waals surface area (Å²) >= 11 is 0. The van der Waals surface area contributed by atoms with E-state index >= 15 is 0 Å². The summed E-state index contributed by atoms with van der Waals surface area (Å²) in [5.41, 5.74) is 1.24. The fraction of sp³-hybridized carbons (Fsp3) is 0.667. The van der Waals surface area contributed by atoms with Crippen LogP contribution in [-0.4, -0.2) is 46.3 Å². The molecule has 0 bridgehead atoms. The topological polar surface area (TPSA) is 73.7 Å². The van der Waals surface area contributed by atoms with Crippen LogP contribution in [0.5, 0.6) is 0 Å². The third-order valence-electron chi connectivity index (χ3n) is 4.29. The zero-order valence-electron chi connectivity index (χ0n) is 13.0. The Hall–Kier alpha value is -1.73. The molecule has 1 fully saturated rings. The lowest BCUT2D eigenvalue weighted by Crippen LogP contribution is -2.31. The lowest BCUT2D eigenvalue weighted by molar-refractivity contribution is -0.137. The standard InChI is InChI=1S/C15H21N3O4/c1-10-16-13-7-18(6-12(13)15(20)17(10)2)14(19)9-21-8-11-4-3-5-22-11/h11H,3-9H2,1-2H3/t11-/m0/s1. The number of hydrogen-bond donors (Lipinski definition) is 0. The van der Waals surface area contributed by atoms with E-state index in [0.717, 1.165) is 19.4 Å². The maximum absolute atomic E-state index is 12.2. The highest BCUT2D eigenvalue weighted by molar-refractivity contribution is 5.78. The van der Waals surface area contributed by atoms with E-state index in [9.17, 15) is 9.59 Å². The summed E-state index contributed by atoms with van der Waals surface area (Å²) < 4.78 is 12.4. The van der Waals surface area contributed by atoms with Gasteiger partial charge in [0.05, 0.1) is 37.1 Å². The third kappa shape index (κ3) is 2.91. The number of aromatic nitrogens is 2. The van der Waals surface area contributed by atoms with Gasteiger partial charge in [-0.05, 0) is 19.8 Å². The van der Waals surface area contributed by atoms with E-state index in [4.69, 9.17) is 9.47 Å². The van der Waals surface area contributed by atoms with Gasteiger partial charge < -0.3 is 14.4 Å². The van der Waals surface area contributed by atoms with Gasteiger partial charge in [0.25, 0.3) is 5.56 Å². The van der Waals surface area contributed by atoms with E-state index in [1.54, 1.807) is 18.9 Å². The molecule has 1 amide bonds. The van der Waals surface area contributed by atoms with Crippen molar-refractivity contribution in [3.63, 3.8) is 0 Å². The molecule has 2 aliphatic rings. The van der Waals surface area contributed by atoms with Crippen molar-refractivity contribution in [1.29, 1.82) is 0 Å². The Bertz CT molecular complexity index is 634. The molecular weight excluding hydrogens is 286 g/mol. The van der Waals surface area contributed by atoms with Crippen molar-refractivity contribution in [2.75, 3.05) is 19.8 Å². The first-order valence-corrected chi connectivity index (χ1v) is 7.58. The van der Waals surface area contributed by atoms with E-state index in [0.29, 0.717) is 36.8 Å². The molecule has 7 heteroatoms. The Morgan fingerprint density at radius 3 is 3.00 bits per heavy atom. The molecule has 1 aromatic heterocycles. The molecule has 1 aromatic rings. The van der Waals surface area contributed by atoms with Gasteiger partial charge in [-0.3, -0.25) is 14.2 Å². The van der Waals surface area contributed by atoms with Gasteiger partial charge in [0.2, 0.25) is 5.91 Å². The number of ether oxygens (including phenoxy) is 2. The van der Waals surface area contributed by atoms with E-state index < -0.39 is 0 Å². The van der Waals surface area contributed by atoms with Gasteiger partial charge in [0.1, 0.15) is 12.4 Å². The van der Waals surface area contributed by atoms with Gasteiger partial charge in [0.15, 0.2) is 0 Å². The number of carbonyl (C=O) groups excluding carboxylic acids is 1. The molecule has 0 spiro atoms. The smallest absolute Gasteiger partial charge is 0.258 e. The molecule has 3 rings (SSSR count). The Kier molecular flexibility index (Phi) is 4.26. The monoisotopic (exact) mass is 307 g/mol. The maximum Gasteiger partial charge on any atom is 0.258 e. The third-order valence-corrected chi connectivity index (χ3v) is 4.29. The minimum Gasteiger partial charge on any atom is -0.376 e. The molecular formula is C15H21N3O4. The van der Waals surface area contributed by atoms with Crippen LogP contribution in [0.3, 0.4) is 0 Å². The normalized spacial score (nSPS) is 20.5. The second-order valence-corrected chi connectivity index (χ2v) is 5.85. The number of aryl methyl sites for hydroxylation is 1. The van der Waals surface area contributed by atoms with Crippen LogP contribution in [0.1, 0.15) is 29.9 Å². The quantitative estimate of drug-likeness (QED) is 0.790. The summed E-state index contributed by atoms with van der Waals surface area (Å²) in [5.74, 6) is 0.545. The molecule has 0 radical (unpaired) electrons. The van der Waals surface area contributed by atoms with Crippen LogP contribution in [0.25, 0.3) is 0 Å². The van der Waals surface area contributed by atoms with Crippen molar-refractivity contribution >= 4 is 5.91 Å².